The highest BCUT2D eigenvalue weighted by Gasteiger charge is 2.24. The van der Waals surface area contributed by atoms with E-state index in [-0.39, 0.29) is 18.2 Å². The summed E-state index contributed by atoms with van der Waals surface area (Å²) in [6.45, 7) is 6.78. The number of guanidine groups is 1. The number of nitrogens with one attached hydrogen (secondary N) is 1. The molecule has 0 radical (unpaired) electrons. The van der Waals surface area contributed by atoms with Crippen LogP contribution >= 0.6 is 0 Å². The van der Waals surface area contributed by atoms with Crippen LogP contribution in [0.4, 0.5) is 0 Å². The van der Waals surface area contributed by atoms with E-state index in [0.29, 0.717) is 6.42 Å². The molecule has 0 saturated carbocycles. The van der Waals surface area contributed by atoms with E-state index >= 15 is 0 Å². The lowest BCUT2D eigenvalue weighted by atomic mass is 10.2. The zero-order valence-electron chi connectivity index (χ0n) is 13.7. The molecule has 0 aromatic carbocycles. The topological polar surface area (TPSA) is 63.2 Å². The van der Waals surface area contributed by atoms with Gasteiger partial charge in [0.1, 0.15) is 0 Å². The standard InChI is InChI=1S/C15H29N3O3/c1-12-10-18(11-13(2)21-12)15(16-3)17-9-7-5-6-8-14(19)20-4/h12-13H,5-11H2,1-4H3,(H,16,17)/t12-,13+. The van der Waals surface area contributed by atoms with Gasteiger partial charge in [-0.1, -0.05) is 6.42 Å². The van der Waals surface area contributed by atoms with Crippen LogP contribution in [0.1, 0.15) is 39.5 Å². The van der Waals surface area contributed by atoms with Crippen molar-refractivity contribution >= 4 is 11.9 Å². The first-order chi connectivity index (χ1) is 10.1. The summed E-state index contributed by atoms with van der Waals surface area (Å²) in [4.78, 5) is 17.6. The van der Waals surface area contributed by atoms with Gasteiger partial charge in [0.15, 0.2) is 5.96 Å². The van der Waals surface area contributed by atoms with E-state index in [2.05, 4.69) is 33.8 Å². The van der Waals surface area contributed by atoms with Crippen LogP contribution in [0.5, 0.6) is 0 Å². The molecule has 2 atom stereocenters. The molecule has 0 aliphatic carbocycles. The summed E-state index contributed by atoms with van der Waals surface area (Å²) in [7, 11) is 3.24. The number of rotatable bonds is 6. The smallest absolute Gasteiger partial charge is 0.305 e. The van der Waals surface area contributed by atoms with Crippen LogP contribution in [-0.4, -0.2) is 62.8 Å². The highest BCUT2D eigenvalue weighted by atomic mass is 16.5. The van der Waals surface area contributed by atoms with Crippen LogP contribution in [0.15, 0.2) is 4.99 Å². The average Bonchev–Trinajstić information content (AvgIpc) is 2.45. The monoisotopic (exact) mass is 299 g/mol. The maximum Gasteiger partial charge on any atom is 0.305 e. The third kappa shape index (κ3) is 6.80. The van der Waals surface area contributed by atoms with Crippen molar-refractivity contribution in [2.75, 3.05) is 33.8 Å². The summed E-state index contributed by atoms with van der Waals surface area (Å²) in [5.41, 5.74) is 0. The van der Waals surface area contributed by atoms with Crippen molar-refractivity contribution in [1.29, 1.82) is 0 Å². The van der Waals surface area contributed by atoms with Crippen LogP contribution < -0.4 is 5.32 Å². The number of morpholine rings is 1. The number of ether oxygens (including phenoxy) is 2. The molecule has 6 nitrogen and oxygen atoms in total. The summed E-state index contributed by atoms with van der Waals surface area (Å²) in [6.07, 6.45) is 3.86. The first-order valence-corrected chi connectivity index (χ1v) is 7.74. The molecule has 1 N–H and O–H groups in total. The van der Waals surface area contributed by atoms with Crippen molar-refractivity contribution in [3.05, 3.63) is 0 Å². The van der Waals surface area contributed by atoms with Crippen molar-refractivity contribution in [2.45, 2.75) is 51.7 Å². The van der Waals surface area contributed by atoms with Crippen LogP contribution in [0.3, 0.4) is 0 Å². The normalized spacial score (nSPS) is 23.0. The Morgan fingerprint density at radius 1 is 1.29 bits per heavy atom. The van der Waals surface area contributed by atoms with E-state index < -0.39 is 0 Å². The Labute approximate surface area is 127 Å². The van der Waals surface area contributed by atoms with Gasteiger partial charge in [0, 0.05) is 33.1 Å². The molecular formula is C15H29N3O3. The molecule has 6 heteroatoms. The number of hydrogen-bond donors (Lipinski definition) is 1. The Balaban J connectivity index is 2.21. The predicted octanol–water partition coefficient (Wildman–Crippen LogP) is 1.40. The second-order valence-corrected chi connectivity index (χ2v) is 5.52. The van der Waals surface area contributed by atoms with E-state index in [1.54, 1.807) is 0 Å². The van der Waals surface area contributed by atoms with Crippen LogP contribution in [0, 0.1) is 0 Å². The van der Waals surface area contributed by atoms with E-state index in [0.717, 1.165) is 44.9 Å². The fourth-order valence-corrected chi connectivity index (χ4v) is 2.56. The molecule has 122 valence electrons. The zero-order valence-corrected chi connectivity index (χ0v) is 13.7. The minimum atomic E-state index is -0.130. The summed E-state index contributed by atoms with van der Waals surface area (Å²) in [6, 6.07) is 0. The van der Waals surface area contributed by atoms with Gasteiger partial charge in [-0.3, -0.25) is 9.79 Å². The van der Waals surface area contributed by atoms with E-state index in [9.17, 15) is 4.79 Å². The number of methoxy groups -OCH3 is 1. The minimum absolute atomic E-state index is 0.130. The summed E-state index contributed by atoms with van der Waals surface area (Å²) in [5, 5.41) is 3.39. The van der Waals surface area contributed by atoms with Gasteiger partial charge in [0.25, 0.3) is 0 Å². The van der Waals surface area contributed by atoms with Crippen LogP contribution in [-0.2, 0) is 14.3 Å². The lowest BCUT2D eigenvalue weighted by molar-refractivity contribution is -0.140. The van der Waals surface area contributed by atoms with E-state index in [1.807, 2.05) is 7.05 Å². The fourth-order valence-electron chi connectivity index (χ4n) is 2.56. The van der Waals surface area contributed by atoms with Gasteiger partial charge in [-0.05, 0) is 26.7 Å². The Morgan fingerprint density at radius 2 is 1.95 bits per heavy atom. The molecule has 0 spiro atoms. The second kappa shape index (κ2) is 9.60. The molecule has 1 saturated heterocycles. The number of nitrogens with zero attached hydrogens (tertiary/aromatic N) is 2. The first-order valence-electron chi connectivity index (χ1n) is 7.74. The lowest BCUT2D eigenvalue weighted by Gasteiger charge is -2.37. The first kappa shape index (κ1) is 17.8. The number of carbonyl (C=O) groups is 1. The molecule has 0 aromatic rings. The van der Waals surface area contributed by atoms with Crippen molar-refractivity contribution < 1.29 is 14.3 Å². The molecule has 0 amide bonds. The second-order valence-electron chi connectivity index (χ2n) is 5.52. The lowest BCUT2D eigenvalue weighted by Crippen LogP contribution is -2.52. The summed E-state index contributed by atoms with van der Waals surface area (Å²) in [5.74, 6) is 0.806. The SMILES string of the molecule is CN=C(NCCCCCC(=O)OC)N1C[C@@H](C)O[C@@H](C)C1. The summed E-state index contributed by atoms with van der Waals surface area (Å²) >= 11 is 0. The Hall–Kier alpha value is -1.30. The highest BCUT2D eigenvalue weighted by molar-refractivity contribution is 5.80. The maximum absolute atomic E-state index is 11.0. The van der Waals surface area contributed by atoms with Crippen LogP contribution in [0.2, 0.25) is 0 Å². The Bertz CT molecular complexity index is 337. The van der Waals surface area contributed by atoms with E-state index in [1.165, 1.54) is 7.11 Å². The van der Waals surface area contributed by atoms with Gasteiger partial charge in [0.05, 0.1) is 19.3 Å². The largest absolute Gasteiger partial charge is 0.469 e. The zero-order chi connectivity index (χ0) is 15.7. The average molecular weight is 299 g/mol. The van der Waals surface area contributed by atoms with E-state index in [4.69, 9.17) is 4.74 Å². The molecule has 21 heavy (non-hydrogen) atoms. The van der Waals surface area contributed by atoms with Gasteiger partial charge >= 0.3 is 5.97 Å². The number of hydrogen-bond acceptors (Lipinski definition) is 4. The molecule has 0 aromatic heterocycles. The van der Waals surface area contributed by atoms with Gasteiger partial charge < -0.3 is 19.7 Å². The third-order valence-electron chi connectivity index (χ3n) is 3.50. The molecule has 1 heterocycles. The van der Waals surface area contributed by atoms with Gasteiger partial charge in [-0.25, -0.2) is 0 Å². The Kier molecular flexibility index (Phi) is 8.12. The molecule has 0 unspecified atom stereocenters. The quantitative estimate of drug-likeness (QED) is 0.348. The summed E-state index contributed by atoms with van der Waals surface area (Å²) < 4.78 is 10.4. The number of carbonyl (C=O) groups excluding carboxylic acids is 1. The maximum atomic E-state index is 11.0. The third-order valence-corrected chi connectivity index (χ3v) is 3.50. The number of aliphatic imine (C=N–C) groups is 1. The molecule has 1 aliphatic heterocycles. The number of unbranched alkanes of at least 4 members (excludes halogenated alkanes) is 2. The molecular weight excluding hydrogens is 270 g/mol. The molecule has 1 aliphatic rings. The number of esters is 1. The minimum Gasteiger partial charge on any atom is -0.469 e. The van der Waals surface area contributed by atoms with Gasteiger partial charge in [-0.2, -0.15) is 0 Å². The molecule has 0 bridgehead atoms. The van der Waals surface area contributed by atoms with Crippen molar-refractivity contribution in [1.82, 2.24) is 10.2 Å². The molecule has 1 rings (SSSR count). The van der Waals surface area contributed by atoms with Gasteiger partial charge in [-0.15, -0.1) is 0 Å². The van der Waals surface area contributed by atoms with Gasteiger partial charge in [0.2, 0.25) is 0 Å². The van der Waals surface area contributed by atoms with Crippen molar-refractivity contribution in [3.63, 3.8) is 0 Å². The predicted molar refractivity (Wildman–Crippen MR) is 83.4 cm³/mol. The van der Waals surface area contributed by atoms with Crippen molar-refractivity contribution in [2.24, 2.45) is 4.99 Å². The molecule has 1 fully saturated rings. The Morgan fingerprint density at radius 3 is 2.52 bits per heavy atom. The fraction of sp³-hybridized carbons (Fsp3) is 0.867. The highest BCUT2D eigenvalue weighted by Crippen LogP contribution is 2.10. The van der Waals surface area contributed by atoms with Crippen LogP contribution in [0.25, 0.3) is 0 Å². The van der Waals surface area contributed by atoms with Crippen molar-refractivity contribution in [3.8, 4) is 0 Å².